The average molecular weight is 395 g/mol. The molecule has 5 nitrogen and oxygen atoms in total. The van der Waals surface area contributed by atoms with Crippen molar-refractivity contribution in [3.63, 3.8) is 0 Å². The van der Waals surface area contributed by atoms with Crippen molar-refractivity contribution in [1.29, 1.82) is 0 Å². The van der Waals surface area contributed by atoms with Crippen molar-refractivity contribution < 1.29 is 14.7 Å². The zero-order valence-electron chi connectivity index (χ0n) is 17.4. The number of carbonyl (C=O) groups is 2. The van der Waals surface area contributed by atoms with Gasteiger partial charge in [0.2, 0.25) is 11.8 Å². The highest BCUT2D eigenvalue weighted by atomic mass is 16.3. The van der Waals surface area contributed by atoms with Crippen molar-refractivity contribution in [3.8, 4) is 0 Å². The Hall–Kier alpha value is -2.66. The largest absolute Gasteiger partial charge is 0.396 e. The van der Waals surface area contributed by atoms with Crippen LogP contribution < -0.4 is 10.2 Å². The van der Waals surface area contributed by atoms with Crippen LogP contribution in [0.15, 0.2) is 54.6 Å². The topological polar surface area (TPSA) is 69.6 Å². The number of likely N-dealkylation sites (N-methyl/N-ethyl adjacent to an activating group) is 1. The molecule has 0 aliphatic carbocycles. The number of fused-ring (bicyclic) bond motifs is 1. The molecule has 0 fully saturated rings. The van der Waals surface area contributed by atoms with E-state index in [1.807, 2.05) is 68.4 Å². The number of carbonyl (C=O) groups excluding carboxylic acids is 2. The fraction of sp³-hybridized carbons (Fsp3) is 0.417. The van der Waals surface area contributed by atoms with E-state index >= 15 is 0 Å². The van der Waals surface area contributed by atoms with E-state index in [1.165, 1.54) is 0 Å². The van der Waals surface area contributed by atoms with Gasteiger partial charge in [-0.1, -0.05) is 62.4 Å². The lowest BCUT2D eigenvalue weighted by atomic mass is 9.73. The highest BCUT2D eigenvalue weighted by Gasteiger charge is 2.49. The minimum Gasteiger partial charge on any atom is -0.396 e. The van der Waals surface area contributed by atoms with E-state index in [0.717, 1.165) is 16.8 Å². The predicted octanol–water partition coefficient (Wildman–Crippen LogP) is 3.06. The molecule has 1 unspecified atom stereocenters. The van der Waals surface area contributed by atoms with Crippen LogP contribution in [0.25, 0.3) is 0 Å². The molecule has 2 amide bonds. The molecular formula is C24H30N2O3. The fourth-order valence-corrected chi connectivity index (χ4v) is 3.97. The fourth-order valence-electron chi connectivity index (χ4n) is 3.97. The van der Waals surface area contributed by atoms with Crippen molar-refractivity contribution in [2.45, 2.75) is 38.5 Å². The first-order chi connectivity index (χ1) is 13.8. The summed E-state index contributed by atoms with van der Waals surface area (Å²) in [6, 6.07) is 17.8. The minimum atomic E-state index is -0.753. The van der Waals surface area contributed by atoms with E-state index < -0.39 is 5.41 Å². The minimum absolute atomic E-state index is 0.00187. The summed E-state index contributed by atoms with van der Waals surface area (Å²) in [7, 11) is 1.80. The zero-order chi connectivity index (χ0) is 21.1. The van der Waals surface area contributed by atoms with Crippen molar-refractivity contribution in [3.05, 3.63) is 65.7 Å². The van der Waals surface area contributed by atoms with Gasteiger partial charge >= 0.3 is 0 Å². The van der Waals surface area contributed by atoms with Crippen LogP contribution in [-0.4, -0.2) is 37.1 Å². The first-order valence-electron chi connectivity index (χ1n) is 10.1. The SMILES string of the molecule is CN1C(=O)C(CCC(=O)NCC(C)(C)CO)(Cc2ccccc2)c2ccccc21. The molecule has 29 heavy (non-hydrogen) atoms. The molecule has 1 aliphatic rings. The van der Waals surface area contributed by atoms with Crippen LogP contribution in [-0.2, 0) is 21.4 Å². The number of aliphatic hydroxyl groups excluding tert-OH is 1. The van der Waals surface area contributed by atoms with Gasteiger partial charge in [-0.15, -0.1) is 0 Å². The van der Waals surface area contributed by atoms with Crippen molar-refractivity contribution >= 4 is 17.5 Å². The Morgan fingerprint density at radius 1 is 1.10 bits per heavy atom. The average Bonchev–Trinajstić information content (AvgIpc) is 2.94. The third kappa shape index (κ3) is 4.35. The normalized spacial score (nSPS) is 18.6. The Kier molecular flexibility index (Phi) is 6.08. The van der Waals surface area contributed by atoms with Crippen LogP contribution in [0.1, 0.15) is 37.8 Å². The molecule has 5 heteroatoms. The van der Waals surface area contributed by atoms with Gasteiger partial charge in [0.25, 0.3) is 0 Å². The van der Waals surface area contributed by atoms with E-state index in [4.69, 9.17) is 0 Å². The zero-order valence-corrected chi connectivity index (χ0v) is 17.4. The lowest BCUT2D eigenvalue weighted by Crippen LogP contribution is -2.42. The van der Waals surface area contributed by atoms with Crippen LogP contribution in [0.2, 0.25) is 0 Å². The number of nitrogens with zero attached hydrogens (tertiary/aromatic N) is 1. The third-order valence-electron chi connectivity index (χ3n) is 5.81. The Bertz CT molecular complexity index is 879. The van der Waals surface area contributed by atoms with Crippen LogP contribution in [0.3, 0.4) is 0 Å². The number of hydrogen-bond acceptors (Lipinski definition) is 3. The van der Waals surface area contributed by atoms with Crippen LogP contribution in [0, 0.1) is 5.41 Å². The molecular weight excluding hydrogens is 364 g/mol. The highest BCUT2D eigenvalue weighted by molar-refractivity contribution is 6.08. The van der Waals surface area contributed by atoms with Gasteiger partial charge in [-0.05, 0) is 30.0 Å². The maximum atomic E-state index is 13.4. The summed E-state index contributed by atoms with van der Waals surface area (Å²) in [4.78, 5) is 27.7. The second-order valence-corrected chi connectivity index (χ2v) is 8.72. The lowest BCUT2D eigenvalue weighted by molar-refractivity contribution is -0.124. The van der Waals surface area contributed by atoms with E-state index in [9.17, 15) is 14.7 Å². The number of para-hydroxylation sites is 1. The maximum absolute atomic E-state index is 13.4. The van der Waals surface area contributed by atoms with Crippen LogP contribution in [0.4, 0.5) is 5.69 Å². The second kappa shape index (κ2) is 8.37. The predicted molar refractivity (Wildman–Crippen MR) is 115 cm³/mol. The number of anilines is 1. The van der Waals surface area contributed by atoms with Crippen LogP contribution in [0.5, 0.6) is 0 Å². The molecule has 0 saturated heterocycles. The van der Waals surface area contributed by atoms with Gasteiger partial charge in [0.05, 0.1) is 5.41 Å². The number of hydrogen-bond donors (Lipinski definition) is 2. The standard InChI is InChI=1S/C24H30N2O3/c1-23(2,17-27)16-25-21(28)13-14-24(15-18-9-5-4-6-10-18)19-11-7-8-12-20(19)26(3)22(24)29/h4-12,27H,13-17H2,1-3H3,(H,25,28). The third-order valence-corrected chi connectivity index (χ3v) is 5.81. The number of rotatable bonds is 8. The number of nitrogens with one attached hydrogen (secondary N) is 1. The first kappa shape index (κ1) is 21.1. The van der Waals surface area contributed by atoms with Crippen molar-refractivity contribution in [2.75, 3.05) is 25.1 Å². The molecule has 2 aromatic carbocycles. The molecule has 0 aromatic heterocycles. The van der Waals surface area contributed by atoms with Gasteiger partial charge in [-0.25, -0.2) is 0 Å². The van der Waals surface area contributed by atoms with Gasteiger partial charge in [0.1, 0.15) is 0 Å². The molecule has 0 bridgehead atoms. The number of amides is 2. The van der Waals surface area contributed by atoms with E-state index in [0.29, 0.717) is 19.4 Å². The highest BCUT2D eigenvalue weighted by Crippen LogP contribution is 2.46. The summed E-state index contributed by atoms with van der Waals surface area (Å²) in [5.74, 6) is -0.0650. The lowest BCUT2D eigenvalue weighted by Gasteiger charge is -2.29. The Morgan fingerprint density at radius 3 is 2.45 bits per heavy atom. The summed E-state index contributed by atoms with van der Waals surface area (Å²) in [5, 5.41) is 12.3. The Morgan fingerprint density at radius 2 is 1.76 bits per heavy atom. The molecule has 2 N–H and O–H groups in total. The van der Waals surface area contributed by atoms with E-state index in [1.54, 1.807) is 11.9 Å². The molecule has 0 spiro atoms. The van der Waals surface area contributed by atoms with Gasteiger partial charge in [0.15, 0.2) is 0 Å². The molecule has 1 atom stereocenters. The first-order valence-corrected chi connectivity index (χ1v) is 10.1. The molecule has 0 saturated carbocycles. The van der Waals surface area contributed by atoms with Crippen molar-refractivity contribution in [2.24, 2.45) is 5.41 Å². The van der Waals surface area contributed by atoms with Crippen molar-refractivity contribution in [1.82, 2.24) is 5.32 Å². The summed E-state index contributed by atoms with van der Waals surface area (Å²) in [6.07, 6.45) is 1.25. The summed E-state index contributed by atoms with van der Waals surface area (Å²) >= 11 is 0. The van der Waals surface area contributed by atoms with Crippen LogP contribution >= 0.6 is 0 Å². The quantitative estimate of drug-likeness (QED) is 0.723. The Balaban J connectivity index is 1.85. The second-order valence-electron chi connectivity index (χ2n) is 8.72. The molecule has 2 aromatic rings. The summed E-state index contributed by atoms with van der Waals surface area (Å²) < 4.78 is 0. The summed E-state index contributed by atoms with van der Waals surface area (Å²) in [5.41, 5.74) is 1.85. The smallest absolute Gasteiger partial charge is 0.237 e. The number of aliphatic hydroxyl groups is 1. The Labute approximate surface area is 172 Å². The van der Waals surface area contributed by atoms with Gasteiger partial charge < -0.3 is 15.3 Å². The maximum Gasteiger partial charge on any atom is 0.237 e. The number of benzene rings is 2. The van der Waals surface area contributed by atoms with Gasteiger partial charge in [-0.2, -0.15) is 0 Å². The molecule has 1 aliphatic heterocycles. The molecule has 0 radical (unpaired) electrons. The van der Waals surface area contributed by atoms with Gasteiger partial charge in [-0.3, -0.25) is 9.59 Å². The monoisotopic (exact) mass is 394 g/mol. The van der Waals surface area contributed by atoms with E-state index in [-0.39, 0.29) is 30.3 Å². The summed E-state index contributed by atoms with van der Waals surface area (Å²) in [6.45, 7) is 4.20. The molecule has 154 valence electrons. The van der Waals surface area contributed by atoms with Gasteiger partial charge in [0, 0.05) is 37.7 Å². The van der Waals surface area contributed by atoms with E-state index in [2.05, 4.69) is 5.32 Å². The molecule has 1 heterocycles. The molecule has 3 rings (SSSR count).